The van der Waals surface area contributed by atoms with E-state index in [-0.39, 0.29) is 33.8 Å². The van der Waals surface area contributed by atoms with Crippen molar-refractivity contribution in [1.29, 1.82) is 0 Å². The van der Waals surface area contributed by atoms with Gasteiger partial charge in [0.05, 0.1) is 11.5 Å². The first-order chi connectivity index (χ1) is 16.1. The van der Waals surface area contributed by atoms with Crippen molar-refractivity contribution in [1.82, 2.24) is 9.88 Å². The van der Waals surface area contributed by atoms with Crippen molar-refractivity contribution in [3.05, 3.63) is 39.5 Å². The number of thiazole rings is 1. The van der Waals surface area contributed by atoms with E-state index in [1.165, 1.54) is 4.90 Å². The van der Waals surface area contributed by atoms with Gasteiger partial charge in [0.2, 0.25) is 5.01 Å². The summed E-state index contributed by atoms with van der Waals surface area (Å²) in [6.45, 7) is 3.76. The number of rotatable bonds is 5. The number of hydrogen-bond donors (Lipinski definition) is 1. The molecule has 1 amide bonds. The molecule has 6 nitrogen and oxygen atoms in total. The zero-order valence-corrected chi connectivity index (χ0v) is 19.8. The summed E-state index contributed by atoms with van der Waals surface area (Å²) in [5.41, 5.74) is -7.09. The number of aliphatic hydroxyl groups is 1. The van der Waals surface area contributed by atoms with Gasteiger partial charge in [-0.25, -0.2) is 9.78 Å². The number of nitrogens with zero attached hydrogens (tertiary/aromatic N) is 2. The molecule has 1 aromatic carbocycles. The molecule has 1 fully saturated rings. The van der Waals surface area contributed by atoms with Crippen LogP contribution in [0.3, 0.4) is 0 Å². The zero-order chi connectivity index (χ0) is 26.3. The fraction of sp³-hybridized carbons (Fsp3) is 0.476. The average molecular weight is 545 g/mol. The van der Waals surface area contributed by atoms with Crippen molar-refractivity contribution >= 4 is 34.8 Å². The second-order valence-corrected chi connectivity index (χ2v) is 9.21. The monoisotopic (exact) mass is 544 g/mol. The molecule has 0 saturated carbocycles. The molecule has 2 aromatic rings. The maximum absolute atomic E-state index is 13.3. The Kier molecular flexibility index (Phi) is 7.45. The third kappa shape index (κ3) is 4.85. The number of aromatic nitrogens is 1. The van der Waals surface area contributed by atoms with Crippen LogP contribution in [0.15, 0.2) is 18.2 Å². The largest absolute Gasteiger partial charge is 0.461 e. The molecule has 3 rings (SSSR count). The highest BCUT2D eigenvalue weighted by atomic mass is 35.5. The number of amides is 1. The predicted octanol–water partition coefficient (Wildman–Crippen LogP) is 5.58. The minimum absolute atomic E-state index is 0.00308. The van der Waals surface area contributed by atoms with Gasteiger partial charge in [0.15, 0.2) is 0 Å². The molecule has 1 aliphatic rings. The maximum atomic E-state index is 13.3. The van der Waals surface area contributed by atoms with E-state index < -0.39 is 40.4 Å². The van der Waals surface area contributed by atoms with Gasteiger partial charge in [-0.05, 0) is 32.8 Å². The van der Waals surface area contributed by atoms with E-state index in [1.54, 1.807) is 13.8 Å². The Labute approximate surface area is 204 Å². The first kappa shape index (κ1) is 27.2. The van der Waals surface area contributed by atoms with E-state index in [1.807, 2.05) is 0 Å². The minimum Gasteiger partial charge on any atom is -0.461 e. The van der Waals surface area contributed by atoms with E-state index in [4.69, 9.17) is 16.3 Å². The molecule has 0 radical (unpaired) electrons. The second kappa shape index (κ2) is 9.58. The topological polar surface area (TPSA) is 79.7 Å². The van der Waals surface area contributed by atoms with Crippen molar-refractivity contribution in [2.75, 3.05) is 13.2 Å². The van der Waals surface area contributed by atoms with Crippen LogP contribution in [-0.2, 0) is 10.3 Å². The van der Waals surface area contributed by atoms with Crippen molar-refractivity contribution in [2.24, 2.45) is 0 Å². The number of alkyl halides is 6. The second-order valence-electron chi connectivity index (χ2n) is 7.81. The van der Waals surface area contributed by atoms with Crippen LogP contribution < -0.4 is 0 Å². The van der Waals surface area contributed by atoms with Crippen LogP contribution in [0.5, 0.6) is 0 Å². The standard InChI is InChI=1S/C21H19ClF6N2O4S/c1-3-34-18(32)16-29-14(17(31)30-8-4-5-10(30)2)15(35-16)12-7-6-11(9-13(12)22)19(33,20(23,24)25)21(26,27)28/h6-7,9-10,33H,3-5,8H2,1-2H3. The van der Waals surface area contributed by atoms with Gasteiger partial charge in [-0.15, -0.1) is 11.3 Å². The maximum Gasteiger partial charge on any atom is 0.430 e. The minimum atomic E-state index is -6.09. The van der Waals surface area contributed by atoms with Crippen LogP contribution in [0.4, 0.5) is 26.3 Å². The molecule has 35 heavy (non-hydrogen) atoms. The number of carbonyl (C=O) groups excluding carboxylic acids is 2. The Bertz CT molecular complexity index is 1120. The van der Waals surface area contributed by atoms with Gasteiger partial charge < -0.3 is 14.7 Å². The molecule has 0 aliphatic carbocycles. The number of halogens is 7. The molecule has 1 saturated heterocycles. The summed E-state index contributed by atoms with van der Waals surface area (Å²) >= 11 is 6.74. The third-order valence-electron chi connectivity index (χ3n) is 5.55. The van der Waals surface area contributed by atoms with E-state index in [0.717, 1.165) is 18.9 Å². The molecule has 192 valence electrons. The van der Waals surface area contributed by atoms with Crippen molar-refractivity contribution in [2.45, 2.75) is 50.7 Å². The van der Waals surface area contributed by atoms with Gasteiger partial charge in [0, 0.05) is 28.7 Å². The van der Waals surface area contributed by atoms with Crippen molar-refractivity contribution in [3.8, 4) is 10.4 Å². The van der Waals surface area contributed by atoms with E-state index in [0.29, 0.717) is 30.0 Å². The highest BCUT2D eigenvalue weighted by Gasteiger charge is 2.71. The summed E-state index contributed by atoms with van der Waals surface area (Å²) in [6, 6.07) is 1.41. The van der Waals surface area contributed by atoms with E-state index in [2.05, 4.69) is 4.98 Å². The highest BCUT2D eigenvalue weighted by Crippen LogP contribution is 2.51. The van der Waals surface area contributed by atoms with Gasteiger partial charge >= 0.3 is 18.3 Å². The third-order valence-corrected chi connectivity index (χ3v) is 6.93. The number of hydrogen-bond acceptors (Lipinski definition) is 6. The molecule has 14 heteroatoms. The molecule has 1 aliphatic heterocycles. The lowest BCUT2D eigenvalue weighted by molar-refractivity contribution is -0.376. The quantitative estimate of drug-likeness (QED) is 0.393. The average Bonchev–Trinajstić information content (AvgIpc) is 3.38. The first-order valence-electron chi connectivity index (χ1n) is 10.3. The molecule has 1 atom stereocenters. The molecule has 1 N–H and O–H groups in total. The van der Waals surface area contributed by atoms with E-state index in [9.17, 15) is 41.0 Å². The number of ether oxygens (including phenoxy) is 1. The summed E-state index contributed by atoms with van der Waals surface area (Å²) in [6.07, 6.45) is -10.7. The fourth-order valence-corrected chi connectivity index (χ4v) is 5.03. The normalized spacial score (nSPS) is 17.1. The summed E-state index contributed by atoms with van der Waals surface area (Å²) in [5, 5.41) is 8.80. The lowest BCUT2D eigenvalue weighted by Gasteiger charge is -2.32. The fourth-order valence-electron chi connectivity index (χ4n) is 3.71. The summed E-state index contributed by atoms with van der Waals surface area (Å²) < 4.78 is 84.5. The van der Waals surface area contributed by atoms with Crippen LogP contribution in [0.1, 0.15) is 52.5 Å². The smallest absolute Gasteiger partial charge is 0.430 e. The Balaban J connectivity index is 2.15. The van der Waals surface area contributed by atoms with E-state index >= 15 is 0 Å². The lowest BCUT2D eigenvalue weighted by Crippen LogP contribution is -2.53. The van der Waals surface area contributed by atoms with Crippen LogP contribution >= 0.6 is 22.9 Å². The SMILES string of the molecule is CCOC(=O)c1nc(C(=O)N2CCCC2C)c(-c2ccc(C(O)(C(F)(F)F)C(F)(F)F)cc2Cl)s1. The Morgan fingerprint density at radius 3 is 2.34 bits per heavy atom. The predicted molar refractivity (Wildman–Crippen MR) is 114 cm³/mol. The lowest BCUT2D eigenvalue weighted by atomic mass is 9.91. The van der Waals surface area contributed by atoms with Crippen LogP contribution in [0.2, 0.25) is 5.02 Å². The Hall–Kier alpha value is -2.38. The summed E-state index contributed by atoms with van der Waals surface area (Å²) in [5.74, 6) is -1.43. The highest BCUT2D eigenvalue weighted by molar-refractivity contribution is 7.17. The van der Waals surface area contributed by atoms with Crippen molar-refractivity contribution in [3.63, 3.8) is 0 Å². The van der Waals surface area contributed by atoms with Gasteiger partial charge in [-0.3, -0.25) is 4.79 Å². The molecule has 0 spiro atoms. The number of carbonyl (C=O) groups is 2. The van der Waals surface area contributed by atoms with Gasteiger partial charge in [0.1, 0.15) is 5.69 Å². The number of benzene rings is 1. The molecule has 1 aromatic heterocycles. The van der Waals surface area contributed by atoms with Crippen molar-refractivity contribution < 1.29 is 45.8 Å². The van der Waals surface area contributed by atoms with Crippen LogP contribution in [0, 0.1) is 0 Å². The van der Waals surface area contributed by atoms with Gasteiger partial charge in [-0.2, -0.15) is 26.3 Å². The molecular weight excluding hydrogens is 526 g/mol. The molecule has 1 unspecified atom stereocenters. The zero-order valence-electron chi connectivity index (χ0n) is 18.3. The first-order valence-corrected chi connectivity index (χ1v) is 11.5. The molecule has 0 bridgehead atoms. The van der Waals surface area contributed by atoms with Crippen LogP contribution in [-0.4, -0.2) is 58.4 Å². The molecule has 2 heterocycles. The summed E-state index contributed by atoms with van der Waals surface area (Å²) in [7, 11) is 0. The Morgan fingerprint density at radius 2 is 1.86 bits per heavy atom. The van der Waals surface area contributed by atoms with Gasteiger partial charge in [-0.1, -0.05) is 23.7 Å². The molecular formula is C21H19ClF6N2O4S. The Morgan fingerprint density at radius 1 is 1.23 bits per heavy atom. The van der Waals surface area contributed by atoms with Gasteiger partial charge in [0.25, 0.3) is 11.5 Å². The van der Waals surface area contributed by atoms with Crippen LogP contribution in [0.25, 0.3) is 10.4 Å². The summed E-state index contributed by atoms with van der Waals surface area (Å²) in [4.78, 5) is 30.9. The number of esters is 1. The number of likely N-dealkylation sites (tertiary alicyclic amines) is 1.